The van der Waals surface area contributed by atoms with Crippen LogP contribution < -0.4 is 9.47 Å². The van der Waals surface area contributed by atoms with Gasteiger partial charge in [-0.15, -0.1) is 0 Å². The molecule has 0 aliphatic heterocycles. The molecule has 0 saturated heterocycles. The highest BCUT2D eigenvalue weighted by Gasteiger charge is 2.23. The SMILES string of the molecule is CCCCOC1CCC(COc2ccc(C(=O)Oc3cc(F)c(F)c(F)c3)c(F)c2)CC1. The lowest BCUT2D eigenvalue weighted by Crippen LogP contribution is -2.25. The first-order valence-corrected chi connectivity index (χ1v) is 10.8. The average Bonchev–Trinajstić information content (AvgIpc) is 2.77. The van der Waals surface area contributed by atoms with Gasteiger partial charge in [-0.3, -0.25) is 0 Å². The van der Waals surface area contributed by atoms with Crippen LogP contribution in [0, 0.1) is 29.2 Å². The zero-order valence-electron chi connectivity index (χ0n) is 17.8. The molecule has 0 N–H and O–H groups in total. The number of benzene rings is 2. The number of esters is 1. The van der Waals surface area contributed by atoms with Gasteiger partial charge in [-0.05, 0) is 50.2 Å². The van der Waals surface area contributed by atoms with Crippen molar-refractivity contribution in [2.75, 3.05) is 13.2 Å². The number of hydrogen-bond acceptors (Lipinski definition) is 4. The van der Waals surface area contributed by atoms with Crippen LogP contribution >= 0.6 is 0 Å². The Hall–Kier alpha value is -2.61. The fourth-order valence-corrected chi connectivity index (χ4v) is 3.58. The molecule has 1 aliphatic rings. The number of rotatable bonds is 9. The van der Waals surface area contributed by atoms with E-state index in [0.717, 1.165) is 51.2 Å². The Labute approximate surface area is 184 Å². The maximum absolute atomic E-state index is 14.4. The summed E-state index contributed by atoms with van der Waals surface area (Å²) in [6.07, 6.45) is 6.35. The van der Waals surface area contributed by atoms with E-state index in [-0.39, 0.29) is 5.75 Å². The summed E-state index contributed by atoms with van der Waals surface area (Å²) in [6, 6.07) is 4.67. The van der Waals surface area contributed by atoms with Crippen LogP contribution in [0.1, 0.15) is 55.8 Å². The molecule has 0 heterocycles. The Balaban J connectivity index is 1.50. The molecule has 0 amide bonds. The van der Waals surface area contributed by atoms with Gasteiger partial charge in [0, 0.05) is 24.8 Å². The van der Waals surface area contributed by atoms with Gasteiger partial charge in [0.1, 0.15) is 17.3 Å². The van der Waals surface area contributed by atoms with Crippen molar-refractivity contribution >= 4 is 5.97 Å². The molecule has 0 radical (unpaired) electrons. The smallest absolute Gasteiger partial charge is 0.346 e. The Morgan fingerprint density at radius 3 is 2.22 bits per heavy atom. The summed E-state index contributed by atoms with van der Waals surface area (Å²) >= 11 is 0. The number of carbonyl (C=O) groups excluding carboxylic acids is 1. The second-order valence-electron chi connectivity index (χ2n) is 7.91. The van der Waals surface area contributed by atoms with Crippen molar-refractivity contribution in [3.8, 4) is 11.5 Å². The van der Waals surface area contributed by atoms with Crippen LogP contribution in [0.5, 0.6) is 11.5 Å². The zero-order valence-corrected chi connectivity index (χ0v) is 17.8. The minimum atomic E-state index is -1.69. The first-order valence-electron chi connectivity index (χ1n) is 10.8. The topological polar surface area (TPSA) is 44.8 Å². The largest absolute Gasteiger partial charge is 0.493 e. The van der Waals surface area contributed by atoms with E-state index in [2.05, 4.69) is 6.92 Å². The van der Waals surface area contributed by atoms with Crippen molar-refractivity contribution in [1.29, 1.82) is 0 Å². The Morgan fingerprint density at radius 1 is 0.938 bits per heavy atom. The highest BCUT2D eigenvalue weighted by molar-refractivity contribution is 5.91. The summed E-state index contributed by atoms with van der Waals surface area (Å²) in [6.45, 7) is 3.35. The van der Waals surface area contributed by atoms with Gasteiger partial charge in [0.05, 0.1) is 18.3 Å². The van der Waals surface area contributed by atoms with E-state index in [4.69, 9.17) is 14.2 Å². The quantitative estimate of drug-likeness (QED) is 0.148. The third-order valence-electron chi connectivity index (χ3n) is 5.46. The van der Waals surface area contributed by atoms with E-state index in [1.165, 1.54) is 12.1 Å². The standard InChI is InChI=1S/C24H26F4O4/c1-2-3-10-30-16-6-4-15(5-7-16)14-31-17-8-9-19(20(25)11-17)24(29)32-18-12-21(26)23(28)22(27)13-18/h8-9,11-13,15-16H,2-7,10,14H2,1H3. The molecule has 1 saturated carbocycles. The molecule has 8 heteroatoms. The molecule has 2 aromatic carbocycles. The maximum atomic E-state index is 14.4. The normalized spacial score (nSPS) is 18.4. The predicted octanol–water partition coefficient (Wildman–Crippen LogP) is 6.22. The highest BCUT2D eigenvalue weighted by Crippen LogP contribution is 2.28. The summed E-state index contributed by atoms with van der Waals surface area (Å²) in [5.41, 5.74) is -0.438. The summed E-state index contributed by atoms with van der Waals surface area (Å²) in [4.78, 5) is 12.1. The van der Waals surface area contributed by atoms with E-state index in [9.17, 15) is 22.4 Å². The van der Waals surface area contributed by atoms with E-state index < -0.39 is 40.6 Å². The molecule has 174 valence electrons. The van der Waals surface area contributed by atoms with E-state index in [1.807, 2.05) is 0 Å². The van der Waals surface area contributed by atoms with E-state index in [0.29, 0.717) is 30.8 Å². The molecule has 0 spiro atoms. The van der Waals surface area contributed by atoms with E-state index in [1.54, 1.807) is 0 Å². The van der Waals surface area contributed by atoms with Gasteiger partial charge in [-0.2, -0.15) is 0 Å². The van der Waals surface area contributed by atoms with Crippen molar-refractivity contribution < 1.29 is 36.6 Å². The van der Waals surface area contributed by atoms with Crippen molar-refractivity contribution in [3.63, 3.8) is 0 Å². The third kappa shape index (κ3) is 6.45. The molecule has 1 fully saturated rings. The van der Waals surface area contributed by atoms with Crippen molar-refractivity contribution in [3.05, 3.63) is 59.2 Å². The van der Waals surface area contributed by atoms with Gasteiger partial charge < -0.3 is 14.2 Å². The van der Waals surface area contributed by atoms with Crippen LogP contribution in [0.4, 0.5) is 17.6 Å². The van der Waals surface area contributed by atoms with Crippen LogP contribution in [-0.4, -0.2) is 25.3 Å². The first kappa shape index (κ1) is 24.0. The van der Waals surface area contributed by atoms with Gasteiger partial charge in [-0.1, -0.05) is 13.3 Å². The monoisotopic (exact) mass is 454 g/mol. The van der Waals surface area contributed by atoms with Crippen molar-refractivity contribution in [2.45, 2.75) is 51.6 Å². The molecule has 2 aromatic rings. The van der Waals surface area contributed by atoms with Gasteiger partial charge in [0.25, 0.3) is 0 Å². The number of carbonyl (C=O) groups is 1. The number of hydrogen-bond donors (Lipinski definition) is 0. The Bertz CT molecular complexity index is 903. The molecule has 0 aromatic heterocycles. The second-order valence-corrected chi connectivity index (χ2v) is 7.91. The van der Waals surface area contributed by atoms with Crippen LogP contribution in [0.25, 0.3) is 0 Å². The highest BCUT2D eigenvalue weighted by atomic mass is 19.2. The van der Waals surface area contributed by atoms with Gasteiger partial charge in [0.15, 0.2) is 17.5 Å². The van der Waals surface area contributed by atoms with Crippen LogP contribution in [0.2, 0.25) is 0 Å². The van der Waals surface area contributed by atoms with Crippen LogP contribution in [-0.2, 0) is 4.74 Å². The lowest BCUT2D eigenvalue weighted by Gasteiger charge is -2.28. The van der Waals surface area contributed by atoms with Crippen LogP contribution in [0.15, 0.2) is 30.3 Å². The summed E-state index contributed by atoms with van der Waals surface area (Å²) < 4.78 is 70.2. The number of halogens is 4. The average molecular weight is 454 g/mol. The van der Waals surface area contributed by atoms with Gasteiger partial charge >= 0.3 is 5.97 Å². The fraction of sp³-hybridized carbons (Fsp3) is 0.458. The lowest BCUT2D eigenvalue weighted by atomic mass is 9.88. The Kier molecular flexibility index (Phi) is 8.50. The van der Waals surface area contributed by atoms with Gasteiger partial charge in [0.2, 0.25) is 0 Å². The maximum Gasteiger partial charge on any atom is 0.346 e. The number of unbranched alkanes of at least 4 members (excludes halogenated alkanes) is 1. The predicted molar refractivity (Wildman–Crippen MR) is 110 cm³/mol. The minimum Gasteiger partial charge on any atom is -0.493 e. The van der Waals surface area contributed by atoms with Crippen molar-refractivity contribution in [2.24, 2.45) is 5.92 Å². The van der Waals surface area contributed by atoms with E-state index >= 15 is 0 Å². The molecule has 32 heavy (non-hydrogen) atoms. The molecule has 0 unspecified atom stereocenters. The molecular formula is C24H26F4O4. The molecule has 0 atom stereocenters. The minimum absolute atomic E-state index is 0.263. The van der Waals surface area contributed by atoms with Crippen molar-refractivity contribution in [1.82, 2.24) is 0 Å². The fourth-order valence-electron chi connectivity index (χ4n) is 3.58. The lowest BCUT2D eigenvalue weighted by molar-refractivity contribution is 0.0116. The summed E-state index contributed by atoms with van der Waals surface area (Å²) in [7, 11) is 0. The number of ether oxygens (including phenoxy) is 3. The molecule has 1 aliphatic carbocycles. The molecule has 0 bridgehead atoms. The second kappa shape index (κ2) is 11.3. The summed E-state index contributed by atoms with van der Waals surface area (Å²) in [5, 5.41) is 0. The Morgan fingerprint density at radius 2 is 1.59 bits per heavy atom. The third-order valence-corrected chi connectivity index (χ3v) is 5.46. The molecule has 4 nitrogen and oxygen atoms in total. The van der Waals surface area contributed by atoms with Crippen LogP contribution in [0.3, 0.4) is 0 Å². The van der Waals surface area contributed by atoms with Gasteiger partial charge in [-0.25, -0.2) is 22.4 Å². The molecule has 3 rings (SSSR count). The molecular weight excluding hydrogens is 428 g/mol. The zero-order chi connectivity index (χ0) is 23.1. The first-order chi connectivity index (χ1) is 15.4. The summed E-state index contributed by atoms with van der Waals surface area (Å²) in [5.74, 6) is -6.74.